The highest BCUT2D eigenvalue weighted by atomic mass is 32.1. The summed E-state index contributed by atoms with van der Waals surface area (Å²) >= 11 is 1.32. The molecule has 0 spiro atoms. The minimum atomic E-state index is -4.49. The first-order chi connectivity index (χ1) is 15.2. The number of hydrogen-bond donors (Lipinski definition) is 3. The highest BCUT2D eigenvalue weighted by Gasteiger charge is 2.41. The molecule has 1 aliphatic carbocycles. The lowest BCUT2D eigenvalue weighted by Crippen LogP contribution is -2.60. The van der Waals surface area contributed by atoms with Crippen LogP contribution in [0.1, 0.15) is 25.7 Å². The maximum atomic E-state index is 13.7. The molecule has 2 heterocycles. The van der Waals surface area contributed by atoms with Crippen LogP contribution in [-0.4, -0.2) is 71.1 Å². The van der Waals surface area contributed by atoms with E-state index >= 15 is 0 Å². The number of carbonyl (C=O) groups excluding carboxylic acids is 1. The van der Waals surface area contributed by atoms with Crippen molar-refractivity contribution in [2.75, 3.05) is 19.7 Å². The third-order valence-corrected chi connectivity index (χ3v) is 6.64. The Bertz CT molecular complexity index is 943. The first-order valence-corrected chi connectivity index (χ1v) is 11.3. The third-order valence-electron chi connectivity index (χ3n) is 5.86. The SMILES string of the molecule is O=C(NC1CCC(NC(CO)C(F)(F)F)CC1)N1CC(Oc2cc(F)cc3scnc23)C1. The Kier molecular flexibility index (Phi) is 6.72. The lowest BCUT2D eigenvalue weighted by atomic mass is 9.90. The highest BCUT2D eigenvalue weighted by Crippen LogP contribution is 2.31. The van der Waals surface area contributed by atoms with E-state index in [9.17, 15) is 22.4 Å². The second-order valence-electron chi connectivity index (χ2n) is 8.19. The zero-order valence-corrected chi connectivity index (χ0v) is 17.9. The van der Waals surface area contributed by atoms with Crippen LogP contribution in [-0.2, 0) is 0 Å². The van der Waals surface area contributed by atoms with Gasteiger partial charge in [0.25, 0.3) is 0 Å². The molecule has 1 aromatic heterocycles. The topological polar surface area (TPSA) is 86.7 Å². The van der Waals surface area contributed by atoms with Gasteiger partial charge in [0.15, 0.2) is 0 Å². The van der Waals surface area contributed by atoms with Crippen LogP contribution in [0.25, 0.3) is 10.2 Å². The number of aromatic nitrogens is 1. The molecule has 2 fully saturated rings. The van der Waals surface area contributed by atoms with Gasteiger partial charge in [-0.2, -0.15) is 13.2 Å². The lowest BCUT2D eigenvalue weighted by molar-refractivity contribution is -0.166. The van der Waals surface area contributed by atoms with Crippen LogP contribution in [0.5, 0.6) is 5.75 Å². The van der Waals surface area contributed by atoms with Crippen LogP contribution in [0.2, 0.25) is 0 Å². The van der Waals surface area contributed by atoms with Gasteiger partial charge < -0.3 is 25.4 Å². The van der Waals surface area contributed by atoms with Gasteiger partial charge in [0.1, 0.15) is 29.2 Å². The second kappa shape index (κ2) is 9.36. The standard InChI is InChI=1S/C20H24F4N4O3S/c21-11-5-15(18-16(6-11)32-10-25-18)31-14-7-28(8-14)19(30)27-13-3-1-12(2-4-13)26-17(9-29)20(22,23)24/h5-6,10,12-14,17,26,29H,1-4,7-9H2,(H,27,30). The van der Waals surface area contributed by atoms with Gasteiger partial charge in [0.05, 0.1) is 29.9 Å². The van der Waals surface area contributed by atoms with Crippen LogP contribution in [0.4, 0.5) is 22.4 Å². The van der Waals surface area contributed by atoms with E-state index in [4.69, 9.17) is 9.84 Å². The van der Waals surface area contributed by atoms with Gasteiger partial charge in [0.2, 0.25) is 0 Å². The smallest absolute Gasteiger partial charge is 0.406 e. The number of nitrogens with one attached hydrogen (secondary N) is 2. The van der Waals surface area contributed by atoms with Crippen molar-refractivity contribution in [3.8, 4) is 5.75 Å². The van der Waals surface area contributed by atoms with Crippen LogP contribution in [0.15, 0.2) is 17.6 Å². The lowest BCUT2D eigenvalue weighted by Gasteiger charge is -2.40. The van der Waals surface area contributed by atoms with Gasteiger partial charge in [-0.1, -0.05) is 0 Å². The van der Waals surface area contributed by atoms with Crippen molar-refractivity contribution in [1.29, 1.82) is 0 Å². The fourth-order valence-electron chi connectivity index (χ4n) is 4.06. The van der Waals surface area contributed by atoms with Crippen molar-refractivity contribution in [2.45, 2.75) is 56.1 Å². The predicted octanol–water partition coefficient (Wildman–Crippen LogP) is 3.03. The minimum Gasteiger partial charge on any atom is -0.484 e. The maximum absolute atomic E-state index is 13.7. The number of likely N-dealkylation sites (tertiary alicyclic amines) is 1. The molecule has 3 N–H and O–H groups in total. The molecule has 12 heteroatoms. The number of thiazole rings is 1. The number of benzene rings is 1. The van der Waals surface area contributed by atoms with E-state index in [-0.39, 0.29) is 24.2 Å². The fourth-order valence-corrected chi connectivity index (χ4v) is 4.77. The Balaban J connectivity index is 1.20. The van der Waals surface area contributed by atoms with E-state index in [1.54, 1.807) is 10.4 Å². The van der Waals surface area contributed by atoms with Crippen LogP contribution in [0.3, 0.4) is 0 Å². The second-order valence-corrected chi connectivity index (χ2v) is 9.08. The molecule has 4 rings (SSSR count). The molecule has 1 aromatic carbocycles. The van der Waals surface area contributed by atoms with Crippen molar-refractivity contribution in [3.05, 3.63) is 23.5 Å². The number of alkyl halides is 3. The summed E-state index contributed by atoms with van der Waals surface area (Å²) < 4.78 is 58.6. The minimum absolute atomic E-state index is 0.114. The van der Waals surface area contributed by atoms with E-state index in [0.29, 0.717) is 54.7 Å². The molecule has 32 heavy (non-hydrogen) atoms. The summed E-state index contributed by atoms with van der Waals surface area (Å²) in [5, 5.41) is 14.3. The fraction of sp³-hybridized carbons (Fsp3) is 0.600. The van der Waals surface area contributed by atoms with Gasteiger partial charge >= 0.3 is 12.2 Å². The molecule has 176 valence electrons. The zero-order chi connectivity index (χ0) is 22.9. The summed E-state index contributed by atoms with van der Waals surface area (Å²) in [5.74, 6) is -0.0477. The van der Waals surface area contributed by atoms with Gasteiger partial charge in [-0.3, -0.25) is 0 Å². The number of fused-ring (bicyclic) bond motifs is 1. The number of urea groups is 1. The number of halogens is 4. The van der Waals surface area contributed by atoms with Gasteiger partial charge in [-0.25, -0.2) is 14.2 Å². The van der Waals surface area contributed by atoms with E-state index in [0.717, 1.165) is 0 Å². The largest absolute Gasteiger partial charge is 0.484 e. The summed E-state index contributed by atoms with van der Waals surface area (Å²) in [6.07, 6.45) is -2.69. The van der Waals surface area contributed by atoms with Crippen LogP contribution < -0.4 is 15.4 Å². The van der Waals surface area contributed by atoms with E-state index in [1.165, 1.54) is 23.5 Å². The maximum Gasteiger partial charge on any atom is 0.406 e. The molecular weight excluding hydrogens is 452 g/mol. The van der Waals surface area contributed by atoms with Gasteiger partial charge in [-0.15, -0.1) is 11.3 Å². The Hall–Kier alpha value is -2.18. The molecule has 0 radical (unpaired) electrons. The summed E-state index contributed by atoms with van der Waals surface area (Å²) in [4.78, 5) is 18.2. The van der Waals surface area contributed by atoms with Crippen LogP contribution in [0, 0.1) is 5.82 Å². The number of hydrogen-bond acceptors (Lipinski definition) is 6. The molecule has 1 unspecified atom stereocenters. The molecule has 0 bridgehead atoms. The number of aliphatic hydroxyl groups is 1. The highest BCUT2D eigenvalue weighted by molar-refractivity contribution is 7.16. The Morgan fingerprint density at radius 2 is 1.94 bits per heavy atom. The zero-order valence-electron chi connectivity index (χ0n) is 17.1. The average molecular weight is 476 g/mol. The summed E-state index contributed by atoms with van der Waals surface area (Å²) in [5.41, 5.74) is 2.22. The number of carbonyl (C=O) groups is 1. The molecule has 2 aromatic rings. The Labute approximate surface area is 185 Å². The summed E-state index contributed by atoms with van der Waals surface area (Å²) in [7, 11) is 0. The third kappa shape index (κ3) is 5.24. The van der Waals surface area contributed by atoms with Crippen molar-refractivity contribution < 1.29 is 32.2 Å². The van der Waals surface area contributed by atoms with Crippen molar-refractivity contribution >= 4 is 27.6 Å². The number of amides is 2. The molecular formula is C20H24F4N4O3S. The molecule has 7 nitrogen and oxygen atoms in total. The number of nitrogens with zero attached hydrogens (tertiary/aromatic N) is 2. The monoisotopic (exact) mass is 476 g/mol. The predicted molar refractivity (Wildman–Crippen MR) is 110 cm³/mol. The molecule has 1 aliphatic heterocycles. The molecule has 1 atom stereocenters. The van der Waals surface area contributed by atoms with E-state index in [2.05, 4.69) is 15.6 Å². The van der Waals surface area contributed by atoms with Crippen molar-refractivity contribution in [2.24, 2.45) is 0 Å². The number of aliphatic hydroxyl groups excluding tert-OH is 1. The normalized spacial score (nSPS) is 23.1. The Morgan fingerprint density at radius 1 is 1.25 bits per heavy atom. The quantitative estimate of drug-likeness (QED) is 0.558. The van der Waals surface area contributed by atoms with Crippen LogP contribution >= 0.6 is 11.3 Å². The molecule has 1 saturated carbocycles. The molecule has 1 saturated heterocycles. The average Bonchev–Trinajstić information content (AvgIpc) is 3.17. The van der Waals surface area contributed by atoms with Crippen molar-refractivity contribution in [1.82, 2.24) is 20.5 Å². The van der Waals surface area contributed by atoms with E-state index in [1.807, 2.05) is 0 Å². The Morgan fingerprint density at radius 3 is 2.59 bits per heavy atom. The summed E-state index contributed by atoms with van der Waals surface area (Å²) in [6, 6.07) is 0.0484. The number of ether oxygens (including phenoxy) is 1. The molecule has 2 amide bonds. The summed E-state index contributed by atoms with van der Waals surface area (Å²) in [6.45, 7) is -0.286. The molecule has 2 aliphatic rings. The van der Waals surface area contributed by atoms with Gasteiger partial charge in [-0.05, 0) is 31.7 Å². The van der Waals surface area contributed by atoms with Crippen molar-refractivity contribution in [3.63, 3.8) is 0 Å². The van der Waals surface area contributed by atoms with E-state index < -0.39 is 24.6 Å². The number of rotatable bonds is 6. The van der Waals surface area contributed by atoms with Gasteiger partial charge in [0, 0.05) is 18.2 Å². The first kappa shape index (κ1) is 23.0. The first-order valence-electron chi connectivity index (χ1n) is 10.4.